The van der Waals surface area contributed by atoms with Crippen molar-refractivity contribution in [3.05, 3.63) is 20.6 Å². The number of anilines is 1. The van der Waals surface area contributed by atoms with Gasteiger partial charge in [0.2, 0.25) is 16.3 Å². The Morgan fingerprint density at radius 1 is 1.46 bits per heavy atom. The lowest BCUT2D eigenvalue weighted by Crippen LogP contribution is -2.02. The van der Waals surface area contributed by atoms with Gasteiger partial charge >= 0.3 is 5.69 Å². The zero-order chi connectivity index (χ0) is 10.0. The third kappa shape index (κ3) is 1.96. The van der Waals surface area contributed by atoms with Crippen molar-refractivity contribution in [1.82, 2.24) is 9.97 Å². The smallest absolute Gasteiger partial charge is 0.348 e. The maximum atomic E-state index is 10.5. The van der Waals surface area contributed by atoms with Crippen molar-refractivity contribution < 1.29 is 4.92 Å². The molecule has 13 heavy (non-hydrogen) atoms. The summed E-state index contributed by atoms with van der Waals surface area (Å²) in [5, 5.41) is 12.5. The van der Waals surface area contributed by atoms with Crippen LogP contribution in [0, 0.1) is 10.1 Å². The van der Waals surface area contributed by atoms with E-state index in [4.69, 9.17) is 23.2 Å². The Bertz CT molecular complexity index is 357. The number of nitrogens with zero attached hydrogens (tertiary/aromatic N) is 3. The monoisotopic (exact) mass is 222 g/mol. The third-order valence-corrected chi connectivity index (χ3v) is 1.67. The second-order valence-electron chi connectivity index (χ2n) is 1.99. The van der Waals surface area contributed by atoms with Crippen LogP contribution in [0.5, 0.6) is 0 Å². The summed E-state index contributed by atoms with van der Waals surface area (Å²) in [4.78, 5) is 16.8. The Labute approximate surface area is 83.0 Å². The lowest BCUT2D eigenvalue weighted by molar-refractivity contribution is -0.384. The van der Waals surface area contributed by atoms with Crippen molar-refractivity contribution in [3.63, 3.8) is 0 Å². The van der Waals surface area contributed by atoms with Crippen molar-refractivity contribution in [3.8, 4) is 0 Å². The third-order valence-electron chi connectivity index (χ3n) is 1.23. The summed E-state index contributed by atoms with van der Waals surface area (Å²) in [6, 6.07) is 0. The molecule has 0 spiro atoms. The highest BCUT2D eigenvalue weighted by Crippen LogP contribution is 2.29. The largest absolute Gasteiger partial charge is 0.367 e. The van der Waals surface area contributed by atoms with Crippen LogP contribution in [0.25, 0.3) is 0 Å². The molecule has 8 heteroatoms. The molecule has 6 nitrogen and oxygen atoms in total. The van der Waals surface area contributed by atoms with Gasteiger partial charge in [-0.1, -0.05) is 11.6 Å². The average Bonchev–Trinajstić information content (AvgIpc) is 2.01. The van der Waals surface area contributed by atoms with Crippen LogP contribution in [-0.4, -0.2) is 21.9 Å². The van der Waals surface area contributed by atoms with Gasteiger partial charge in [0.15, 0.2) is 0 Å². The van der Waals surface area contributed by atoms with Crippen LogP contribution in [-0.2, 0) is 0 Å². The van der Waals surface area contributed by atoms with Crippen LogP contribution in [0.15, 0.2) is 0 Å². The van der Waals surface area contributed by atoms with Crippen LogP contribution >= 0.6 is 23.2 Å². The molecule has 0 bridgehead atoms. The molecule has 0 fully saturated rings. The van der Waals surface area contributed by atoms with Gasteiger partial charge in [-0.25, -0.2) is 0 Å². The van der Waals surface area contributed by atoms with Gasteiger partial charge in [0.25, 0.3) is 0 Å². The highest BCUT2D eigenvalue weighted by molar-refractivity contribution is 6.33. The first-order valence-electron chi connectivity index (χ1n) is 3.11. The second-order valence-corrected chi connectivity index (χ2v) is 2.68. The number of hydrogen-bond donors (Lipinski definition) is 1. The Morgan fingerprint density at radius 2 is 2.08 bits per heavy atom. The van der Waals surface area contributed by atoms with Crippen molar-refractivity contribution in [2.24, 2.45) is 0 Å². The van der Waals surface area contributed by atoms with E-state index in [1.54, 1.807) is 0 Å². The number of halogens is 2. The summed E-state index contributed by atoms with van der Waals surface area (Å²) in [6.45, 7) is 0. The molecule has 0 radical (unpaired) electrons. The first kappa shape index (κ1) is 9.94. The Kier molecular flexibility index (Phi) is 2.84. The predicted molar refractivity (Wildman–Crippen MR) is 48.3 cm³/mol. The van der Waals surface area contributed by atoms with E-state index >= 15 is 0 Å². The topological polar surface area (TPSA) is 81.0 Å². The fourth-order valence-corrected chi connectivity index (χ4v) is 1.19. The van der Waals surface area contributed by atoms with E-state index < -0.39 is 4.92 Å². The standard InChI is InChI=1S/C5H4Cl2N4O2/c1-8-4-2(11(12)13)3(6)9-5(7)10-4/h1H3,(H,8,9,10). The summed E-state index contributed by atoms with van der Waals surface area (Å²) in [5.41, 5.74) is -0.381. The van der Waals surface area contributed by atoms with Crippen LogP contribution in [0.1, 0.15) is 0 Å². The van der Waals surface area contributed by atoms with Crippen molar-refractivity contribution >= 4 is 34.7 Å². The van der Waals surface area contributed by atoms with Crippen molar-refractivity contribution in [2.75, 3.05) is 12.4 Å². The lowest BCUT2D eigenvalue weighted by Gasteiger charge is -2.01. The molecule has 1 aromatic rings. The number of rotatable bonds is 2. The van der Waals surface area contributed by atoms with Gasteiger partial charge in [0.05, 0.1) is 4.92 Å². The number of aromatic nitrogens is 2. The summed E-state index contributed by atoms with van der Waals surface area (Å²) in [5.74, 6) is -0.00463. The van der Waals surface area contributed by atoms with Gasteiger partial charge in [0, 0.05) is 7.05 Å². The fourth-order valence-electron chi connectivity index (χ4n) is 0.738. The van der Waals surface area contributed by atoms with E-state index in [-0.39, 0.29) is 21.9 Å². The SMILES string of the molecule is CNc1nc(Cl)nc(Cl)c1[N+](=O)[O-]. The van der Waals surface area contributed by atoms with Crippen LogP contribution in [0.3, 0.4) is 0 Å². The normalized spacial score (nSPS) is 9.77. The highest BCUT2D eigenvalue weighted by Gasteiger charge is 2.21. The first-order chi connectivity index (χ1) is 6.06. The highest BCUT2D eigenvalue weighted by atomic mass is 35.5. The van der Waals surface area contributed by atoms with E-state index in [2.05, 4.69) is 15.3 Å². The molecule has 0 saturated carbocycles. The van der Waals surface area contributed by atoms with Gasteiger partial charge in [-0.2, -0.15) is 9.97 Å². The molecule has 0 aliphatic rings. The summed E-state index contributed by atoms with van der Waals surface area (Å²) >= 11 is 10.9. The molecule has 0 unspecified atom stereocenters. The van der Waals surface area contributed by atoms with Gasteiger partial charge in [0.1, 0.15) is 0 Å². The second kappa shape index (κ2) is 3.71. The zero-order valence-corrected chi connectivity index (χ0v) is 7.93. The van der Waals surface area contributed by atoms with E-state index in [0.29, 0.717) is 0 Å². The zero-order valence-electron chi connectivity index (χ0n) is 6.41. The molecule has 0 amide bonds. The first-order valence-corrected chi connectivity index (χ1v) is 3.87. The quantitative estimate of drug-likeness (QED) is 0.357. The van der Waals surface area contributed by atoms with E-state index in [9.17, 15) is 10.1 Å². The van der Waals surface area contributed by atoms with Crippen LogP contribution in [0.2, 0.25) is 10.4 Å². The van der Waals surface area contributed by atoms with Crippen LogP contribution in [0.4, 0.5) is 11.5 Å². The minimum Gasteiger partial charge on any atom is -0.367 e. The maximum absolute atomic E-state index is 10.5. The Balaban J connectivity index is 3.38. The lowest BCUT2D eigenvalue weighted by atomic mass is 10.5. The molecule has 0 aliphatic carbocycles. The van der Waals surface area contributed by atoms with Gasteiger partial charge in [-0.15, -0.1) is 0 Å². The predicted octanol–water partition coefficient (Wildman–Crippen LogP) is 1.73. The van der Waals surface area contributed by atoms with Crippen molar-refractivity contribution in [1.29, 1.82) is 0 Å². The molecule has 1 heterocycles. The molecular formula is C5H4Cl2N4O2. The van der Waals surface area contributed by atoms with Crippen molar-refractivity contribution in [2.45, 2.75) is 0 Å². The maximum Gasteiger partial charge on any atom is 0.348 e. The van der Waals surface area contributed by atoms with Gasteiger partial charge in [-0.3, -0.25) is 10.1 Å². The Morgan fingerprint density at radius 3 is 2.54 bits per heavy atom. The summed E-state index contributed by atoms with van der Waals surface area (Å²) < 4.78 is 0. The molecule has 0 aromatic carbocycles. The van der Waals surface area contributed by atoms with E-state index in [0.717, 1.165) is 0 Å². The van der Waals surface area contributed by atoms with Gasteiger partial charge < -0.3 is 5.32 Å². The molecule has 1 aromatic heterocycles. The van der Waals surface area contributed by atoms with E-state index in [1.165, 1.54) is 7.05 Å². The Hall–Kier alpha value is -1.14. The molecule has 0 aliphatic heterocycles. The number of hydrogen-bond acceptors (Lipinski definition) is 5. The molecule has 0 atom stereocenters. The number of nitro groups is 1. The summed E-state index contributed by atoms with van der Waals surface area (Å²) in [6.07, 6.45) is 0. The van der Waals surface area contributed by atoms with Gasteiger partial charge in [-0.05, 0) is 11.6 Å². The van der Waals surface area contributed by atoms with Crippen LogP contribution < -0.4 is 5.32 Å². The average molecular weight is 223 g/mol. The minimum atomic E-state index is -0.676. The molecule has 1 rings (SSSR count). The molecular weight excluding hydrogens is 219 g/mol. The molecule has 1 N–H and O–H groups in total. The number of nitrogens with one attached hydrogen (secondary N) is 1. The van der Waals surface area contributed by atoms with E-state index in [1.807, 2.05) is 0 Å². The molecule has 70 valence electrons. The summed E-state index contributed by atoms with van der Waals surface area (Å²) in [7, 11) is 1.47. The fraction of sp³-hybridized carbons (Fsp3) is 0.200. The molecule has 0 saturated heterocycles. The minimum absolute atomic E-state index is 0.00463.